The molecule has 0 bridgehead atoms. The van der Waals surface area contributed by atoms with Crippen molar-refractivity contribution in [3.05, 3.63) is 41.7 Å². The van der Waals surface area contributed by atoms with Crippen molar-refractivity contribution in [3.63, 3.8) is 0 Å². The highest BCUT2D eigenvalue weighted by atomic mass is 19.1. The topological polar surface area (TPSA) is 80.3 Å². The Morgan fingerprint density at radius 1 is 1.30 bits per heavy atom. The third kappa shape index (κ3) is 4.96. The number of hydrogen-bond donors (Lipinski definition) is 2. The first kappa shape index (κ1) is 21.8. The van der Waals surface area contributed by atoms with Crippen LogP contribution >= 0.6 is 0 Å². The molecule has 1 fully saturated rings. The van der Waals surface area contributed by atoms with Gasteiger partial charge in [0.05, 0.1) is 12.2 Å². The van der Waals surface area contributed by atoms with E-state index in [2.05, 4.69) is 20.5 Å². The maximum absolute atomic E-state index is 15.2. The zero-order valence-electron chi connectivity index (χ0n) is 17.7. The van der Waals surface area contributed by atoms with Crippen molar-refractivity contribution in [3.8, 4) is 0 Å². The van der Waals surface area contributed by atoms with E-state index in [1.165, 1.54) is 0 Å². The molecule has 0 saturated carbocycles. The van der Waals surface area contributed by atoms with Gasteiger partial charge in [0.25, 0.3) is 0 Å². The van der Waals surface area contributed by atoms with Gasteiger partial charge < -0.3 is 20.4 Å². The van der Waals surface area contributed by atoms with Gasteiger partial charge in [-0.3, -0.25) is 14.7 Å². The van der Waals surface area contributed by atoms with Crippen LogP contribution < -0.4 is 10.6 Å². The Labute approximate surface area is 176 Å². The molecule has 0 aromatic heterocycles. The molecule has 30 heavy (non-hydrogen) atoms. The molecule has 162 valence electrons. The number of rotatable bonds is 6. The first-order valence-electron chi connectivity index (χ1n) is 9.99. The molecular weight excluding hydrogens is 387 g/mol. The molecule has 1 unspecified atom stereocenters. The number of carbonyl (C=O) groups is 2. The lowest BCUT2D eigenvalue weighted by Crippen LogP contribution is -2.53. The molecule has 3 rings (SSSR count). The van der Waals surface area contributed by atoms with Crippen LogP contribution in [0, 0.1) is 5.82 Å². The molecule has 3 amide bonds. The van der Waals surface area contributed by atoms with E-state index in [4.69, 9.17) is 0 Å². The highest BCUT2D eigenvalue weighted by molar-refractivity contribution is 5.94. The standard InChI is InChI=1S/C21H29FN6O2/c1-16-7-8-21(14-23-16,24-15-29)25-18-6-4-5-17(19(18)22)13-27-9-11-28(12-10-27)20(30)26(2)3/h4-8,15,25H,9-14H2,1-3H3,(H,24,29). The zero-order chi connectivity index (χ0) is 21.7. The number of halogens is 1. The van der Waals surface area contributed by atoms with Crippen LogP contribution in [0.1, 0.15) is 12.5 Å². The van der Waals surface area contributed by atoms with Gasteiger partial charge >= 0.3 is 6.03 Å². The second kappa shape index (κ2) is 9.25. The third-order valence-electron chi connectivity index (χ3n) is 5.36. The number of dihydropyridines is 1. The Morgan fingerprint density at radius 3 is 2.63 bits per heavy atom. The lowest BCUT2D eigenvalue weighted by atomic mass is 10.0. The first-order valence-corrected chi connectivity index (χ1v) is 9.99. The minimum Gasteiger partial charge on any atom is -0.356 e. The van der Waals surface area contributed by atoms with Crippen molar-refractivity contribution >= 4 is 23.8 Å². The Hall–Kier alpha value is -2.94. The summed E-state index contributed by atoms with van der Waals surface area (Å²) in [6, 6.07) is 5.21. The molecule has 0 aliphatic carbocycles. The van der Waals surface area contributed by atoms with Crippen molar-refractivity contribution in [1.82, 2.24) is 20.0 Å². The number of aliphatic imine (C=N–C) groups is 1. The number of allylic oxidation sites excluding steroid dienone is 1. The summed E-state index contributed by atoms with van der Waals surface area (Å²) in [6.07, 6.45) is 4.17. The summed E-state index contributed by atoms with van der Waals surface area (Å²) in [5, 5.41) is 5.82. The first-order chi connectivity index (χ1) is 14.3. The smallest absolute Gasteiger partial charge is 0.319 e. The number of anilines is 1. The number of carbonyl (C=O) groups excluding carboxylic acids is 2. The van der Waals surface area contributed by atoms with Crippen molar-refractivity contribution in [2.24, 2.45) is 4.99 Å². The van der Waals surface area contributed by atoms with E-state index < -0.39 is 5.66 Å². The Morgan fingerprint density at radius 2 is 2.03 bits per heavy atom. The summed E-state index contributed by atoms with van der Waals surface area (Å²) >= 11 is 0. The van der Waals surface area contributed by atoms with E-state index in [1.54, 1.807) is 54.2 Å². The van der Waals surface area contributed by atoms with E-state index in [0.29, 0.717) is 50.4 Å². The predicted octanol–water partition coefficient (Wildman–Crippen LogP) is 1.51. The van der Waals surface area contributed by atoms with Crippen molar-refractivity contribution in [2.75, 3.05) is 52.1 Å². The minimum atomic E-state index is -0.959. The summed E-state index contributed by atoms with van der Waals surface area (Å²) in [7, 11) is 3.48. The fraction of sp³-hybridized carbons (Fsp3) is 0.476. The van der Waals surface area contributed by atoms with Gasteiger partial charge in [0.1, 0.15) is 5.66 Å². The van der Waals surface area contributed by atoms with Crippen LogP contribution in [-0.2, 0) is 11.3 Å². The van der Waals surface area contributed by atoms with Crippen LogP contribution in [0.3, 0.4) is 0 Å². The number of amides is 3. The molecule has 1 aromatic carbocycles. The molecule has 1 aromatic rings. The van der Waals surface area contributed by atoms with Crippen LogP contribution in [0.4, 0.5) is 14.9 Å². The van der Waals surface area contributed by atoms with E-state index in [0.717, 1.165) is 5.71 Å². The molecule has 0 spiro atoms. The summed E-state index contributed by atoms with van der Waals surface area (Å²) in [5.74, 6) is -0.351. The number of hydrogen-bond acceptors (Lipinski definition) is 5. The highest BCUT2D eigenvalue weighted by Gasteiger charge is 2.30. The third-order valence-corrected chi connectivity index (χ3v) is 5.36. The molecular formula is C21H29FN6O2. The van der Waals surface area contributed by atoms with E-state index in [1.807, 2.05) is 6.92 Å². The molecule has 8 nitrogen and oxygen atoms in total. The predicted molar refractivity (Wildman–Crippen MR) is 115 cm³/mol. The fourth-order valence-corrected chi connectivity index (χ4v) is 3.59. The van der Waals surface area contributed by atoms with Gasteiger partial charge in [0.15, 0.2) is 5.82 Å². The Kier molecular flexibility index (Phi) is 6.71. The van der Waals surface area contributed by atoms with Gasteiger partial charge in [-0.2, -0.15) is 0 Å². The number of urea groups is 1. The second-order valence-corrected chi connectivity index (χ2v) is 7.87. The average Bonchev–Trinajstić information content (AvgIpc) is 2.73. The lowest BCUT2D eigenvalue weighted by Gasteiger charge is -2.36. The van der Waals surface area contributed by atoms with Gasteiger partial charge in [-0.25, -0.2) is 9.18 Å². The van der Waals surface area contributed by atoms with Crippen molar-refractivity contribution < 1.29 is 14.0 Å². The molecule has 1 saturated heterocycles. The van der Waals surface area contributed by atoms with Crippen LogP contribution in [0.15, 0.2) is 35.3 Å². The summed E-state index contributed by atoms with van der Waals surface area (Å²) < 4.78 is 15.2. The molecule has 2 aliphatic rings. The molecule has 2 N–H and O–H groups in total. The maximum atomic E-state index is 15.2. The van der Waals surface area contributed by atoms with Gasteiger partial charge in [0, 0.05) is 58.1 Å². The van der Waals surface area contributed by atoms with E-state index >= 15 is 4.39 Å². The van der Waals surface area contributed by atoms with Gasteiger partial charge in [0.2, 0.25) is 6.41 Å². The van der Waals surface area contributed by atoms with Crippen molar-refractivity contribution in [2.45, 2.75) is 19.1 Å². The molecule has 9 heteroatoms. The number of piperazine rings is 1. The summed E-state index contributed by atoms with van der Waals surface area (Å²) in [4.78, 5) is 33.1. The summed E-state index contributed by atoms with van der Waals surface area (Å²) in [5.41, 5.74) is 0.760. The average molecular weight is 417 g/mol. The van der Waals surface area contributed by atoms with Crippen LogP contribution in [0.25, 0.3) is 0 Å². The molecule has 1 atom stereocenters. The molecule has 2 aliphatic heterocycles. The van der Waals surface area contributed by atoms with Crippen LogP contribution in [0.2, 0.25) is 0 Å². The van der Waals surface area contributed by atoms with Crippen LogP contribution in [-0.4, -0.2) is 85.3 Å². The zero-order valence-corrected chi connectivity index (χ0v) is 17.7. The summed E-state index contributed by atoms with van der Waals surface area (Å²) in [6.45, 7) is 5.20. The van der Waals surface area contributed by atoms with Gasteiger partial charge in [-0.05, 0) is 25.1 Å². The second-order valence-electron chi connectivity index (χ2n) is 7.87. The number of nitrogens with zero attached hydrogens (tertiary/aromatic N) is 4. The largest absolute Gasteiger partial charge is 0.356 e. The quantitative estimate of drug-likeness (QED) is 0.544. The lowest BCUT2D eigenvalue weighted by molar-refractivity contribution is -0.110. The maximum Gasteiger partial charge on any atom is 0.319 e. The Bertz CT molecular complexity index is 848. The van der Waals surface area contributed by atoms with Gasteiger partial charge in [-0.1, -0.05) is 12.1 Å². The SMILES string of the molecule is CC1=NCC(NC=O)(Nc2cccc(CN3CCN(C(=O)N(C)C)CC3)c2F)C=C1. The number of nitrogens with one attached hydrogen (secondary N) is 2. The number of benzene rings is 1. The van der Waals surface area contributed by atoms with Gasteiger partial charge in [-0.15, -0.1) is 0 Å². The monoisotopic (exact) mass is 416 g/mol. The normalized spacial score (nSPS) is 21.7. The minimum absolute atomic E-state index is 0.00145. The fourth-order valence-electron chi connectivity index (χ4n) is 3.59. The molecule has 0 radical (unpaired) electrons. The molecule has 2 heterocycles. The van der Waals surface area contributed by atoms with Crippen LogP contribution in [0.5, 0.6) is 0 Å². The van der Waals surface area contributed by atoms with E-state index in [9.17, 15) is 9.59 Å². The Balaban J connectivity index is 1.68. The highest BCUT2D eigenvalue weighted by Crippen LogP contribution is 2.24. The van der Waals surface area contributed by atoms with Crippen molar-refractivity contribution in [1.29, 1.82) is 0 Å². The van der Waals surface area contributed by atoms with E-state index in [-0.39, 0.29) is 18.4 Å².